The molecule has 1 aliphatic rings. The predicted octanol–water partition coefficient (Wildman–Crippen LogP) is 1.89. The number of nitriles is 1. The van der Waals surface area contributed by atoms with Crippen LogP contribution in [0.1, 0.15) is 17.5 Å². The number of piperazine rings is 1. The van der Waals surface area contributed by atoms with Crippen molar-refractivity contribution in [3.8, 4) is 6.07 Å². The van der Waals surface area contributed by atoms with Crippen LogP contribution in [-0.4, -0.2) is 55.3 Å². The van der Waals surface area contributed by atoms with Gasteiger partial charge in [0.05, 0.1) is 11.6 Å². The van der Waals surface area contributed by atoms with Crippen LogP contribution in [0.2, 0.25) is 0 Å². The normalized spacial score (nSPS) is 16.3. The van der Waals surface area contributed by atoms with Crippen molar-refractivity contribution in [1.82, 2.24) is 14.2 Å². The summed E-state index contributed by atoms with van der Waals surface area (Å²) >= 11 is 0. The third-order valence-electron chi connectivity index (χ3n) is 4.63. The fourth-order valence-corrected chi connectivity index (χ4v) is 4.48. The van der Waals surface area contributed by atoms with Crippen molar-refractivity contribution in [1.29, 1.82) is 5.26 Å². The standard InChI is InChI=1S/C19H22N4O2S/c20-15-18-7-5-17(6-8-18)3-2-10-22-11-13-23(14-12-22)26(24,25)19-4-1-9-21-16-19/h1,4-9,16H,2-3,10-14H2. The summed E-state index contributed by atoms with van der Waals surface area (Å²) in [6, 6.07) is 13.0. The summed E-state index contributed by atoms with van der Waals surface area (Å²) in [7, 11) is -3.44. The number of aromatic nitrogens is 1. The number of benzene rings is 1. The third kappa shape index (κ3) is 4.47. The Bertz CT molecular complexity index is 853. The molecule has 7 heteroatoms. The van der Waals surface area contributed by atoms with E-state index in [1.165, 1.54) is 11.8 Å². The Morgan fingerprint density at radius 1 is 1.08 bits per heavy atom. The Kier molecular flexibility index (Phi) is 5.99. The molecule has 0 atom stereocenters. The number of nitrogens with zero attached hydrogens (tertiary/aromatic N) is 4. The van der Waals surface area contributed by atoms with E-state index in [2.05, 4.69) is 16.0 Å². The molecular formula is C19H22N4O2S. The maximum absolute atomic E-state index is 12.6. The fourth-order valence-electron chi connectivity index (χ4n) is 3.09. The van der Waals surface area contributed by atoms with E-state index in [1.54, 1.807) is 22.6 Å². The number of pyridine rings is 1. The Labute approximate surface area is 154 Å². The van der Waals surface area contributed by atoms with Gasteiger partial charge in [-0.15, -0.1) is 0 Å². The van der Waals surface area contributed by atoms with Gasteiger partial charge in [-0.2, -0.15) is 9.57 Å². The number of sulfonamides is 1. The zero-order chi connectivity index (χ0) is 18.4. The average Bonchev–Trinajstić information content (AvgIpc) is 2.69. The monoisotopic (exact) mass is 370 g/mol. The Balaban J connectivity index is 1.46. The number of aryl methyl sites for hydroxylation is 1. The summed E-state index contributed by atoms with van der Waals surface area (Å²) in [6.07, 6.45) is 4.95. The molecule has 0 aliphatic carbocycles. The van der Waals surface area contributed by atoms with Gasteiger partial charge in [0, 0.05) is 38.6 Å². The molecule has 0 bridgehead atoms. The van der Waals surface area contributed by atoms with Crippen LogP contribution in [0.4, 0.5) is 0 Å². The van der Waals surface area contributed by atoms with Crippen LogP contribution in [0.25, 0.3) is 0 Å². The second-order valence-corrected chi connectivity index (χ2v) is 8.28. The molecule has 136 valence electrons. The van der Waals surface area contributed by atoms with Crippen molar-refractivity contribution in [2.45, 2.75) is 17.7 Å². The Hall–Kier alpha value is -2.27. The first-order chi connectivity index (χ1) is 12.6. The second-order valence-electron chi connectivity index (χ2n) is 6.35. The summed E-state index contributed by atoms with van der Waals surface area (Å²) in [5.74, 6) is 0. The lowest BCUT2D eigenvalue weighted by atomic mass is 10.1. The molecule has 1 aliphatic heterocycles. The topological polar surface area (TPSA) is 77.3 Å². The molecule has 3 rings (SSSR count). The van der Waals surface area contributed by atoms with Crippen LogP contribution in [0.15, 0.2) is 53.7 Å². The lowest BCUT2D eigenvalue weighted by Gasteiger charge is -2.33. The number of hydrogen-bond acceptors (Lipinski definition) is 5. The first-order valence-corrected chi connectivity index (χ1v) is 10.2. The maximum atomic E-state index is 12.6. The van der Waals surface area contributed by atoms with E-state index in [1.807, 2.05) is 24.3 Å². The minimum Gasteiger partial charge on any atom is -0.301 e. The van der Waals surface area contributed by atoms with Gasteiger partial charge < -0.3 is 4.90 Å². The molecule has 0 unspecified atom stereocenters. The zero-order valence-corrected chi connectivity index (χ0v) is 15.4. The molecule has 1 aromatic heterocycles. The largest absolute Gasteiger partial charge is 0.301 e. The maximum Gasteiger partial charge on any atom is 0.244 e. The van der Waals surface area contributed by atoms with Gasteiger partial charge in [-0.3, -0.25) is 4.98 Å². The quantitative estimate of drug-likeness (QED) is 0.776. The third-order valence-corrected chi connectivity index (χ3v) is 6.51. The molecule has 2 aromatic rings. The minimum absolute atomic E-state index is 0.259. The molecule has 1 saturated heterocycles. The summed E-state index contributed by atoms with van der Waals surface area (Å²) in [6.45, 7) is 3.45. The van der Waals surface area contributed by atoms with Crippen LogP contribution < -0.4 is 0 Å². The van der Waals surface area contributed by atoms with Crippen molar-refractivity contribution in [2.75, 3.05) is 32.7 Å². The van der Waals surface area contributed by atoms with Crippen molar-refractivity contribution >= 4 is 10.0 Å². The predicted molar refractivity (Wildman–Crippen MR) is 98.9 cm³/mol. The molecule has 0 N–H and O–H groups in total. The fraction of sp³-hybridized carbons (Fsp3) is 0.368. The van der Waals surface area contributed by atoms with Gasteiger partial charge in [-0.25, -0.2) is 8.42 Å². The minimum atomic E-state index is -3.44. The van der Waals surface area contributed by atoms with Crippen LogP contribution in [0.5, 0.6) is 0 Å². The van der Waals surface area contributed by atoms with Crippen molar-refractivity contribution in [3.63, 3.8) is 0 Å². The summed E-state index contributed by atoms with van der Waals surface area (Å²) in [5.41, 5.74) is 1.90. The summed E-state index contributed by atoms with van der Waals surface area (Å²) < 4.78 is 26.7. The van der Waals surface area contributed by atoms with E-state index in [0.717, 1.165) is 32.5 Å². The van der Waals surface area contributed by atoms with E-state index < -0.39 is 10.0 Å². The van der Waals surface area contributed by atoms with Crippen molar-refractivity contribution in [2.24, 2.45) is 0 Å². The van der Waals surface area contributed by atoms with Gasteiger partial charge in [0.15, 0.2) is 0 Å². The van der Waals surface area contributed by atoms with Gasteiger partial charge >= 0.3 is 0 Å². The van der Waals surface area contributed by atoms with Gasteiger partial charge in [-0.05, 0) is 49.2 Å². The molecule has 0 radical (unpaired) electrons. The van der Waals surface area contributed by atoms with Crippen LogP contribution in [0.3, 0.4) is 0 Å². The molecule has 1 fully saturated rings. The smallest absolute Gasteiger partial charge is 0.244 e. The van der Waals surface area contributed by atoms with Gasteiger partial charge in [-0.1, -0.05) is 12.1 Å². The molecule has 2 heterocycles. The number of hydrogen-bond donors (Lipinski definition) is 0. The highest BCUT2D eigenvalue weighted by atomic mass is 32.2. The van der Waals surface area contributed by atoms with Gasteiger partial charge in [0.1, 0.15) is 4.90 Å². The average molecular weight is 370 g/mol. The van der Waals surface area contributed by atoms with E-state index in [0.29, 0.717) is 18.7 Å². The second kappa shape index (κ2) is 8.41. The van der Waals surface area contributed by atoms with Crippen LogP contribution in [0, 0.1) is 11.3 Å². The van der Waals surface area contributed by atoms with E-state index in [4.69, 9.17) is 5.26 Å². The highest BCUT2D eigenvalue weighted by Gasteiger charge is 2.28. The Morgan fingerprint density at radius 2 is 1.81 bits per heavy atom. The van der Waals surface area contributed by atoms with Gasteiger partial charge in [0.25, 0.3) is 0 Å². The molecular weight excluding hydrogens is 348 g/mol. The lowest BCUT2D eigenvalue weighted by molar-refractivity contribution is 0.187. The first-order valence-electron chi connectivity index (χ1n) is 8.71. The SMILES string of the molecule is N#Cc1ccc(CCCN2CCN(S(=O)(=O)c3cccnc3)CC2)cc1. The lowest BCUT2D eigenvalue weighted by Crippen LogP contribution is -2.48. The molecule has 0 amide bonds. The summed E-state index contributed by atoms with van der Waals surface area (Å²) in [4.78, 5) is 6.47. The molecule has 0 saturated carbocycles. The molecule has 1 aromatic carbocycles. The van der Waals surface area contributed by atoms with Gasteiger partial charge in [0.2, 0.25) is 10.0 Å². The Morgan fingerprint density at radius 3 is 2.42 bits per heavy atom. The number of rotatable bonds is 6. The van der Waals surface area contributed by atoms with Crippen molar-refractivity contribution in [3.05, 3.63) is 59.9 Å². The highest BCUT2D eigenvalue weighted by Crippen LogP contribution is 2.16. The molecule has 6 nitrogen and oxygen atoms in total. The zero-order valence-electron chi connectivity index (χ0n) is 14.6. The van der Waals surface area contributed by atoms with E-state index in [-0.39, 0.29) is 4.90 Å². The summed E-state index contributed by atoms with van der Waals surface area (Å²) in [5, 5.41) is 8.82. The van der Waals surface area contributed by atoms with Crippen LogP contribution >= 0.6 is 0 Å². The highest BCUT2D eigenvalue weighted by molar-refractivity contribution is 7.89. The van der Waals surface area contributed by atoms with Crippen molar-refractivity contribution < 1.29 is 8.42 Å². The van der Waals surface area contributed by atoms with E-state index >= 15 is 0 Å². The molecule has 0 spiro atoms. The molecule has 26 heavy (non-hydrogen) atoms. The first kappa shape index (κ1) is 18.5. The van der Waals surface area contributed by atoms with E-state index in [9.17, 15) is 8.42 Å². The van der Waals surface area contributed by atoms with Crippen LogP contribution in [-0.2, 0) is 16.4 Å².